The van der Waals surface area contributed by atoms with Crippen LogP contribution in [0.4, 0.5) is 4.39 Å². The van der Waals surface area contributed by atoms with Gasteiger partial charge in [0.05, 0.1) is 0 Å². The summed E-state index contributed by atoms with van der Waals surface area (Å²) in [6, 6.07) is 4.42. The molecule has 0 radical (unpaired) electrons. The van der Waals surface area contributed by atoms with E-state index < -0.39 is 5.82 Å². The highest BCUT2D eigenvalue weighted by molar-refractivity contribution is 9.10. The molecule has 2 aliphatic heterocycles. The van der Waals surface area contributed by atoms with Crippen LogP contribution >= 0.6 is 15.9 Å². The molecule has 6 nitrogen and oxygen atoms in total. The van der Waals surface area contributed by atoms with Crippen molar-refractivity contribution < 1.29 is 23.5 Å². The lowest BCUT2D eigenvalue weighted by Gasteiger charge is -2.35. The van der Waals surface area contributed by atoms with E-state index in [1.807, 2.05) is 0 Å². The molecule has 2 heterocycles. The minimum absolute atomic E-state index is 0.0118. The first-order valence-electron chi connectivity index (χ1n) is 8.30. The number of ether oxygens (including phenoxy) is 2. The van der Waals surface area contributed by atoms with Crippen molar-refractivity contribution in [1.29, 1.82) is 0 Å². The van der Waals surface area contributed by atoms with Crippen LogP contribution in [0.15, 0.2) is 22.7 Å². The molecule has 1 aromatic carbocycles. The van der Waals surface area contributed by atoms with E-state index in [0.29, 0.717) is 37.3 Å². The fraction of sp³-hybridized carbons (Fsp3) is 0.529. The molecule has 25 heavy (non-hydrogen) atoms. The highest BCUT2D eigenvalue weighted by Gasteiger charge is 2.31. The van der Waals surface area contributed by atoms with Gasteiger partial charge in [0.1, 0.15) is 6.10 Å². The van der Waals surface area contributed by atoms with Crippen LogP contribution in [-0.4, -0.2) is 67.1 Å². The summed E-state index contributed by atoms with van der Waals surface area (Å²) >= 11 is 3.17. The van der Waals surface area contributed by atoms with Crippen LogP contribution in [0, 0.1) is 5.82 Å². The number of benzene rings is 1. The molecule has 0 aromatic heterocycles. The van der Waals surface area contributed by atoms with Gasteiger partial charge in [-0.3, -0.25) is 9.59 Å². The van der Waals surface area contributed by atoms with E-state index in [-0.39, 0.29) is 30.3 Å². The minimum atomic E-state index is -0.519. The summed E-state index contributed by atoms with van der Waals surface area (Å²) in [6.45, 7) is 2.28. The fourth-order valence-corrected chi connectivity index (χ4v) is 3.31. The minimum Gasteiger partial charge on any atom is -0.481 e. The Balaban J connectivity index is 1.45. The largest absolute Gasteiger partial charge is 0.481 e. The topological polar surface area (TPSA) is 59.1 Å². The Bertz CT molecular complexity index is 644. The number of amides is 2. The molecule has 0 aliphatic carbocycles. The number of nitrogens with zero attached hydrogens (tertiary/aromatic N) is 2. The number of hydrogen-bond acceptors (Lipinski definition) is 4. The van der Waals surface area contributed by atoms with Gasteiger partial charge >= 0.3 is 0 Å². The summed E-state index contributed by atoms with van der Waals surface area (Å²) in [4.78, 5) is 27.9. The van der Waals surface area contributed by atoms with Gasteiger partial charge in [-0.15, -0.1) is 0 Å². The third kappa shape index (κ3) is 4.49. The first-order valence-corrected chi connectivity index (χ1v) is 9.10. The standard InChI is InChI=1S/C17H20BrFN2O4/c18-12-3-4-14(13(19)10-12)25-11-16(22)20-5-7-21(8-6-20)17(23)15-2-1-9-24-15/h3-4,10,15H,1-2,5-9,11H2. The maximum Gasteiger partial charge on any atom is 0.260 e. The zero-order valence-corrected chi connectivity index (χ0v) is 15.3. The van der Waals surface area contributed by atoms with Gasteiger partial charge in [-0.05, 0) is 31.0 Å². The summed E-state index contributed by atoms with van der Waals surface area (Å²) in [5.74, 6) is -0.679. The second kappa shape index (κ2) is 8.14. The lowest BCUT2D eigenvalue weighted by molar-refractivity contribution is -0.146. The van der Waals surface area contributed by atoms with Gasteiger partial charge in [-0.2, -0.15) is 0 Å². The molecule has 0 spiro atoms. The van der Waals surface area contributed by atoms with Crippen LogP contribution in [0.3, 0.4) is 0 Å². The molecule has 1 unspecified atom stereocenters. The van der Waals surface area contributed by atoms with Crippen molar-refractivity contribution in [2.75, 3.05) is 39.4 Å². The maximum absolute atomic E-state index is 13.7. The van der Waals surface area contributed by atoms with Gasteiger partial charge in [0.15, 0.2) is 18.2 Å². The van der Waals surface area contributed by atoms with Crippen molar-refractivity contribution in [3.05, 3.63) is 28.5 Å². The van der Waals surface area contributed by atoms with Crippen LogP contribution in [0.2, 0.25) is 0 Å². The molecule has 1 atom stereocenters. The van der Waals surface area contributed by atoms with E-state index in [2.05, 4.69) is 15.9 Å². The third-order valence-electron chi connectivity index (χ3n) is 4.39. The van der Waals surface area contributed by atoms with E-state index in [0.717, 1.165) is 12.8 Å². The monoisotopic (exact) mass is 414 g/mol. The number of carbonyl (C=O) groups is 2. The summed E-state index contributed by atoms with van der Waals surface area (Å²) in [7, 11) is 0. The number of halogens is 2. The van der Waals surface area contributed by atoms with Crippen molar-refractivity contribution in [1.82, 2.24) is 9.80 Å². The Kier molecular flexibility index (Phi) is 5.90. The molecule has 0 N–H and O–H groups in total. The quantitative estimate of drug-likeness (QED) is 0.753. The lowest BCUT2D eigenvalue weighted by Crippen LogP contribution is -2.53. The normalized spacial score (nSPS) is 20.6. The van der Waals surface area contributed by atoms with Crippen LogP contribution in [0.5, 0.6) is 5.75 Å². The molecule has 2 fully saturated rings. The Hall–Kier alpha value is -1.67. The molecular formula is C17H20BrFN2O4. The second-order valence-electron chi connectivity index (χ2n) is 6.07. The van der Waals surface area contributed by atoms with Gasteiger partial charge in [-0.25, -0.2) is 4.39 Å². The van der Waals surface area contributed by atoms with Crippen molar-refractivity contribution in [3.63, 3.8) is 0 Å². The average Bonchev–Trinajstić information content (AvgIpc) is 3.15. The second-order valence-corrected chi connectivity index (χ2v) is 6.99. The fourth-order valence-electron chi connectivity index (χ4n) is 2.98. The third-order valence-corrected chi connectivity index (χ3v) is 4.89. The molecule has 0 saturated carbocycles. The van der Waals surface area contributed by atoms with Crippen molar-refractivity contribution in [2.24, 2.45) is 0 Å². The van der Waals surface area contributed by atoms with Gasteiger partial charge in [0, 0.05) is 37.3 Å². The SMILES string of the molecule is O=C(COc1ccc(Br)cc1F)N1CCN(C(=O)C2CCCO2)CC1. The van der Waals surface area contributed by atoms with Crippen LogP contribution in [0.1, 0.15) is 12.8 Å². The highest BCUT2D eigenvalue weighted by atomic mass is 79.9. The number of piperazine rings is 1. The van der Waals surface area contributed by atoms with Crippen molar-refractivity contribution >= 4 is 27.7 Å². The maximum atomic E-state index is 13.7. The first-order chi connectivity index (χ1) is 12.0. The molecule has 3 rings (SSSR count). The smallest absolute Gasteiger partial charge is 0.260 e. The molecule has 0 bridgehead atoms. The van der Waals surface area contributed by atoms with E-state index in [9.17, 15) is 14.0 Å². The summed E-state index contributed by atoms with van der Waals surface area (Å²) in [5, 5.41) is 0. The van der Waals surface area contributed by atoms with Crippen LogP contribution in [-0.2, 0) is 14.3 Å². The van der Waals surface area contributed by atoms with E-state index >= 15 is 0 Å². The summed E-state index contributed by atoms with van der Waals surface area (Å²) in [6.07, 6.45) is 1.36. The van der Waals surface area contributed by atoms with Crippen molar-refractivity contribution in [3.8, 4) is 5.75 Å². The predicted molar refractivity (Wildman–Crippen MR) is 91.7 cm³/mol. The van der Waals surface area contributed by atoms with Crippen LogP contribution < -0.4 is 4.74 Å². The molecule has 2 saturated heterocycles. The lowest BCUT2D eigenvalue weighted by atomic mass is 10.2. The Morgan fingerprint density at radius 2 is 1.96 bits per heavy atom. The predicted octanol–water partition coefficient (Wildman–Crippen LogP) is 1.82. The zero-order valence-electron chi connectivity index (χ0n) is 13.7. The Labute approximate surface area is 154 Å². The molecule has 1 aromatic rings. The van der Waals surface area contributed by atoms with E-state index in [1.165, 1.54) is 12.1 Å². The van der Waals surface area contributed by atoms with Gasteiger partial charge in [0.2, 0.25) is 0 Å². The number of rotatable bonds is 4. The Morgan fingerprint density at radius 1 is 1.24 bits per heavy atom. The van der Waals surface area contributed by atoms with Crippen LogP contribution in [0.25, 0.3) is 0 Å². The number of carbonyl (C=O) groups excluding carboxylic acids is 2. The van der Waals surface area contributed by atoms with Crippen molar-refractivity contribution in [2.45, 2.75) is 18.9 Å². The summed E-state index contributed by atoms with van der Waals surface area (Å²) < 4.78 is 25.0. The van der Waals surface area contributed by atoms with Gasteiger partial charge in [-0.1, -0.05) is 15.9 Å². The molecular weight excluding hydrogens is 395 g/mol. The van der Waals surface area contributed by atoms with Gasteiger partial charge < -0.3 is 19.3 Å². The molecule has 2 aliphatic rings. The van der Waals surface area contributed by atoms with E-state index in [4.69, 9.17) is 9.47 Å². The summed E-state index contributed by atoms with van der Waals surface area (Å²) in [5.41, 5.74) is 0. The van der Waals surface area contributed by atoms with Gasteiger partial charge in [0.25, 0.3) is 11.8 Å². The molecule has 8 heteroatoms. The first kappa shape index (κ1) is 18.1. The number of hydrogen-bond donors (Lipinski definition) is 0. The average molecular weight is 415 g/mol. The molecule has 136 valence electrons. The Morgan fingerprint density at radius 3 is 2.60 bits per heavy atom. The highest BCUT2D eigenvalue weighted by Crippen LogP contribution is 2.21. The molecule has 2 amide bonds. The van der Waals surface area contributed by atoms with E-state index in [1.54, 1.807) is 15.9 Å². The zero-order chi connectivity index (χ0) is 17.8.